The maximum absolute atomic E-state index is 11.1. The molecule has 0 spiro atoms. The number of allylic oxidation sites excluding steroid dienone is 1. The standard InChI is InChI=1S/C11H5Cl4NO4/c12-7-2-1-5(3-8(7)13)6-4-20-11(15,17)10(14)9(6)16(18)19/h1-4,17H. The van der Waals surface area contributed by atoms with Gasteiger partial charge in [-0.15, -0.1) is 0 Å². The van der Waals surface area contributed by atoms with Crippen molar-refractivity contribution in [2.45, 2.75) is 5.25 Å². The first kappa shape index (κ1) is 15.4. The Balaban J connectivity index is 2.59. The van der Waals surface area contributed by atoms with E-state index in [1.807, 2.05) is 0 Å². The van der Waals surface area contributed by atoms with Gasteiger partial charge in [0.05, 0.1) is 20.5 Å². The van der Waals surface area contributed by atoms with E-state index < -0.39 is 20.9 Å². The van der Waals surface area contributed by atoms with Crippen LogP contribution in [0.25, 0.3) is 5.57 Å². The van der Waals surface area contributed by atoms with E-state index in [1.54, 1.807) is 0 Å². The van der Waals surface area contributed by atoms with Gasteiger partial charge in [0.25, 0.3) is 0 Å². The van der Waals surface area contributed by atoms with Crippen molar-refractivity contribution in [3.63, 3.8) is 0 Å². The molecule has 106 valence electrons. The van der Waals surface area contributed by atoms with Crippen LogP contribution >= 0.6 is 46.4 Å². The molecule has 0 saturated carbocycles. The number of rotatable bonds is 2. The normalized spacial score (nSPS) is 22.4. The number of halogens is 4. The molecule has 0 bridgehead atoms. The summed E-state index contributed by atoms with van der Waals surface area (Å²) in [5.41, 5.74) is -0.214. The Morgan fingerprint density at radius 3 is 2.45 bits per heavy atom. The predicted octanol–water partition coefficient (Wildman–Crippen LogP) is 3.98. The minimum Gasteiger partial charge on any atom is -0.451 e. The highest BCUT2D eigenvalue weighted by Gasteiger charge is 2.43. The first-order chi connectivity index (χ1) is 9.24. The second-order valence-corrected chi connectivity index (χ2v) is 5.46. The van der Waals surface area contributed by atoms with E-state index in [9.17, 15) is 15.2 Å². The van der Waals surface area contributed by atoms with Crippen molar-refractivity contribution < 1.29 is 14.8 Å². The molecule has 20 heavy (non-hydrogen) atoms. The van der Waals surface area contributed by atoms with E-state index in [0.717, 1.165) is 6.26 Å². The molecule has 0 radical (unpaired) electrons. The van der Waals surface area contributed by atoms with Gasteiger partial charge >= 0.3 is 10.9 Å². The van der Waals surface area contributed by atoms with E-state index >= 15 is 0 Å². The molecule has 9 heteroatoms. The van der Waals surface area contributed by atoms with E-state index in [1.165, 1.54) is 18.2 Å². The minimum atomic E-state index is -2.47. The Morgan fingerprint density at radius 1 is 1.25 bits per heavy atom. The largest absolute Gasteiger partial charge is 0.451 e. The van der Waals surface area contributed by atoms with Crippen molar-refractivity contribution >= 4 is 52.0 Å². The summed E-state index contributed by atoms with van der Waals surface area (Å²) in [7, 11) is 0. The average Bonchev–Trinajstić information content (AvgIpc) is 2.35. The molecule has 0 aliphatic carbocycles. The van der Waals surface area contributed by atoms with Crippen LogP contribution in [0, 0.1) is 10.1 Å². The second kappa shape index (κ2) is 5.42. The quantitative estimate of drug-likeness (QED) is 0.494. The van der Waals surface area contributed by atoms with E-state index in [-0.39, 0.29) is 10.6 Å². The number of hydrogen-bond acceptors (Lipinski definition) is 4. The molecule has 0 fully saturated rings. The predicted molar refractivity (Wildman–Crippen MR) is 76.2 cm³/mol. The summed E-state index contributed by atoms with van der Waals surface area (Å²) >= 11 is 22.9. The van der Waals surface area contributed by atoms with Gasteiger partial charge in [-0.2, -0.15) is 0 Å². The Bertz CT molecular complexity index is 654. The Labute approximate surface area is 133 Å². The van der Waals surface area contributed by atoms with Crippen molar-refractivity contribution in [1.82, 2.24) is 0 Å². The molecule has 1 aromatic rings. The second-order valence-electron chi connectivity index (χ2n) is 3.76. The van der Waals surface area contributed by atoms with Crippen molar-refractivity contribution in [3.05, 3.63) is 60.9 Å². The van der Waals surface area contributed by atoms with Crippen LogP contribution in [0.5, 0.6) is 0 Å². The van der Waals surface area contributed by atoms with Gasteiger partial charge in [0.2, 0.25) is 0 Å². The summed E-state index contributed by atoms with van der Waals surface area (Å²) in [5.74, 6) is 0. The highest BCUT2D eigenvalue weighted by Crippen LogP contribution is 2.41. The molecule has 1 heterocycles. The lowest BCUT2D eigenvalue weighted by Gasteiger charge is -2.24. The van der Waals surface area contributed by atoms with Gasteiger partial charge in [0.1, 0.15) is 6.26 Å². The number of aliphatic hydroxyl groups is 1. The average molecular weight is 357 g/mol. The molecular formula is C11H5Cl4NO4. The Hall–Kier alpha value is -0.980. The highest BCUT2D eigenvalue weighted by atomic mass is 35.5. The summed E-state index contributed by atoms with van der Waals surface area (Å²) in [6, 6.07) is 4.37. The number of alkyl halides is 1. The third-order valence-electron chi connectivity index (χ3n) is 2.48. The van der Waals surface area contributed by atoms with Crippen LogP contribution in [0.4, 0.5) is 0 Å². The van der Waals surface area contributed by atoms with Crippen LogP contribution in [0.2, 0.25) is 10.0 Å². The fourth-order valence-electron chi connectivity index (χ4n) is 1.56. The summed E-state index contributed by atoms with van der Waals surface area (Å²) < 4.78 is 4.78. The number of benzene rings is 1. The highest BCUT2D eigenvalue weighted by molar-refractivity contribution is 6.42. The molecule has 1 atom stereocenters. The fraction of sp³-hybridized carbons (Fsp3) is 0.0909. The number of ether oxygens (including phenoxy) is 1. The first-order valence-electron chi connectivity index (χ1n) is 5.03. The van der Waals surface area contributed by atoms with Gasteiger partial charge in [-0.05, 0) is 29.3 Å². The lowest BCUT2D eigenvalue weighted by Crippen LogP contribution is -2.29. The minimum absolute atomic E-state index is 0.0175. The maximum Gasteiger partial charge on any atom is 0.333 e. The zero-order valence-electron chi connectivity index (χ0n) is 9.44. The SMILES string of the molecule is O=[N+]([O-])C1=C(Cl)C(O)(Cl)OC=C1c1ccc(Cl)c(Cl)c1. The zero-order chi connectivity index (χ0) is 15.1. The van der Waals surface area contributed by atoms with Gasteiger partial charge in [0.15, 0.2) is 5.03 Å². The maximum atomic E-state index is 11.1. The smallest absolute Gasteiger partial charge is 0.333 e. The molecule has 1 N–H and O–H groups in total. The fourth-order valence-corrected chi connectivity index (χ4v) is 2.20. The summed E-state index contributed by atoms with van der Waals surface area (Å²) in [5, 5.41) is 18.1. The van der Waals surface area contributed by atoms with Crippen LogP contribution in [0.3, 0.4) is 0 Å². The summed E-state index contributed by atoms with van der Waals surface area (Å²) in [6.45, 7) is 0. The lowest BCUT2D eigenvalue weighted by atomic mass is 10.0. The summed E-state index contributed by atoms with van der Waals surface area (Å²) in [4.78, 5) is 10.4. The number of hydrogen-bond donors (Lipinski definition) is 1. The molecule has 0 amide bonds. The molecule has 0 saturated heterocycles. The Morgan fingerprint density at radius 2 is 1.90 bits per heavy atom. The van der Waals surface area contributed by atoms with E-state index in [4.69, 9.17) is 51.1 Å². The van der Waals surface area contributed by atoms with E-state index in [2.05, 4.69) is 0 Å². The third kappa shape index (κ3) is 2.73. The van der Waals surface area contributed by atoms with Gasteiger partial charge in [-0.3, -0.25) is 10.1 Å². The van der Waals surface area contributed by atoms with Crippen molar-refractivity contribution in [2.75, 3.05) is 0 Å². The lowest BCUT2D eigenvalue weighted by molar-refractivity contribution is -0.419. The van der Waals surface area contributed by atoms with Gasteiger partial charge in [0, 0.05) is 0 Å². The molecule has 1 aliphatic rings. The zero-order valence-corrected chi connectivity index (χ0v) is 12.5. The van der Waals surface area contributed by atoms with Gasteiger partial charge in [-0.1, -0.05) is 40.9 Å². The molecule has 5 nitrogen and oxygen atoms in total. The Kier molecular flexibility index (Phi) is 4.18. The molecule has 1 unspecified atom stereocenters. The van der Waals surface area contributed by atoms with E-state index in [0.29, 0.717) is 10.6 Å². The molecule has 2 rings (SSSR count). The summed E-state index contributed by atoms with van der Waals surface area (Å²) in [6.07, 6.45) is 0.941. The topological polar surface area (TPSA) is 72.6 Å². The molecule has 1 aromatic carbocycles. The van der Waals surface area contributed by atoms with Crippen LogP contribution in [-0.2, 0) is 4.74 Å². The van der Waals surface area contributed by atoms with Crippen LogP contribution in [-0.4, -0.2) is 15.3 Å². The third-order valence-corrected chi connectivity index (χ3v) is 4.03. The van der Waals surface area contributed by atoms with Crippen LogP contribution in [0.15, 0.2) is 35.2 Å². The van der Waals surface area contributed by atoms with Crippen molar-refractivity contribution in [3.8, 4) is 0 Å². The number of nitro groups is 1. The molecule has 1 aliphatic heterocycles. The van der Waals surface area contributed by atoms with Crippen LogP contribution < -0.4 is 0 Å². The van der Waals surface area contributed by atoms with Crippen molar-refractivity contribution in [2.24, 2.45) is 0 Å². The van der Waals surface area contributed by atoms with Crippen LogP contribution in [0.1, 0.15) is 5.56 Å². The first-order valence-corrected chi connectivity index (χ1v) is 6.55. The molecular weight excluding hydrogens is 352 g/mol. The molecule has 0 aromatic heterocycles. The monoisotopic (exact) mass is 355 g/mol. The van der Waals surface area contributed by atoms with Crippen molar-refractivity contribution in [1.29, 1.82) is 0 Å². The number of nitrogens with zero attached hydrogens (tertiary/aromatic N) is 1. The van der Waals surface area contributed by atoms with Gasteiger partial charge in [-0.25, -0.2) is 0 Å². The van der Waals surface area contributed by atoms with Gasteiger partial charge < -0.3 is 9.84 Å².